The van der Waals surface area contributed by atoms with Crippen molar-refractivity contribution in [3.05, 3.63) is 29.8 Å². The van der Waals surface area contributed by atoms with Crippen molar-refractivity contribution in [2.45, 2.75) is 70.4 Å². The summed E-state index contributed by atoms with van der Waals surface area (Å²) in [6.07, 6.45) is 0.668. The Bertz CT molecular complexity index is 529. The Balaban J connectivity index is 1.97. The Labute approximate surface area is 136 Å². The van der Waals surface area contributed by atoms with Crippen LogP contribution >= 0.6 is 0 Å². The lowest BCUT2D eigenvalue weighted by molar-refractivity contribution is -0.193. The van der Waals surface area contributed by atoms with Crippen LogP contribution in [0.1, 0.15) is 58.4 Å². The first kappa shape index (κ1) is 17.7. The summed E-state index contributed by atoms with van der Waals surface area (Å²) in [6.45, 7) is 6.11. The van der Waals surface area contributed by atoms with Crippen LogP contribution in [0.2, 0.25) is 0 Å². The van der Waals surface area contributed by atoms with Gasteiger partial charge < -0.3 is 10.1 Å². The average Bonchev–Trinajstić information content (AvgIpc) is 2.47. The highest BCUT2D eigenvalue weighted by atomic mass is 19.3. The molecule has 1 amide bonds. The van der Waals surface area contributed by atoms with E-state index in [1.54, 1.807) is 12.1 Å². The summed E-state index contributed by atoms with van der Waals surface area (Å²) in [4.78, 5) is 11.8. The predicted molar refractivity (Wildman–Crippen MR) is 85.7 cm³/mol. The largest absolute Gasteiger partial charge is 0.482 e. The summed E-state index contributed by atoms with van der Waals surface area (Å²) in [5.74, 6) is -1.37. The average molecular weight is 325 g/mol. The zero-order chi connectivity index (χ0) is 17.1. The molecule has 0 radical (unpaired) electrons. The summed E-state index contributed by atoms with van der Waals surface area (Å²) < 4.78 is 32.5. The van der Waals surface area contributed by atoms with Gasteiger partial charge >= 0.3 is 12.0 Å². The molecule has 1 aromatic carbocycles. The van der Waals surface area contributed by atoms with E-state index in [9.17, 15) is 13.6 Å². The highest BCUT2D eigenvalue weighted by Crippen LogP contribution is 2.27. The van der Waals surface area contributed by atoms with E-state index < -0.39 is 12.0 Å². The van der Waals surface area contributed by atoms with Crippen LogP contribution in [-0.2, 0) is 10.2 Å². The van der Waals surface area contributed by atoms with Gasteiger partial charge in [-0.2, -0.15) is 8.78 Å². The number of hydrogen-bond donors (Lipinski definition) is 1. The maximum atomic E-state index is 14.0. The number of carbonyl (C=O) groups excluding carboxylic acids is 1. The van der Waals surface area contributed by atoms with Crippen molar-refractivity contribution < 1.29 is 18.3 Å². The molecule has 1 aliphatic rings. The molecular formula is C18H25F2NO2. The lowest BCUT2D eigenvalue weighted by atomic mass is 9.87. The number of nitrogens with one attached hydrogen (secondary N) is 1. The van der Waals surface area contributed by atoms with Crippen molar-refractivity contribution in [3.8, 4) is 5.75 Å². The fraction of sp³-hybridized carbons (Fsp3) is 0.611. The van der Waals surface area contributed by atoms with Crippen LogP contribution in [0, 0.1) is 0 Å². The molecule has 0 aliphatic heterocycles. The van der Waals surface area contributed by atoms with Gasteiger partial charge in [-0.05, 0) is 36.0 Å². The summed E-state index contributed by atoms with van der Waals surface area (Å²) >= 11 is 0. The van der Waals surface area contributed by atoms with Gasteiger partial charge in [-0.1, -0.05) is 52.2 Å². The third-order valence-electron chi connectivity index (χ3n) is 4.17. The monoisotopic (exact) mass is 325 g/mol. The van der Waals surface area contributed by atoms with Crippen molar-refractivity contribution in [2.24, 2.45) is 0 Å². The second-order valence-electron chi connectivity index (χ2n) is 7.20. The van der Waals surface area contributed by atoms with Crippen molar-refractivity contribution in [2.75, 3.05) is 0 Å². The van der Waals surface area contributed by atoms with Gasteiger partial charge in [0.25, 0.3) is 0 Å². The molecule has 2 rings (SSSR count). The molecule has 0 saturated heterocycles. The fourth-order valence-corrected chi connectivity index (χ4v) is 2.73. The molecule has 1 fully saturated rings. The van der Waals surface area contributed by atoms with E-state index in [1.165, 1.54) is 12.1 Å². The van der Waals surface area contributed by atoms with Crippen LogP contribution in [0.25, 0.3) is 0 Å². The second-order valence-corrected chi connectivity index (χ2v) is 7.20. The minimum absolute atomic E-state index is 0.0122. The number of benzene rings is 1. The molecular weight excluding hydrogens is 300 g/mol. The number of alkyl halides is 2. The second kappa shape index (κ2) is 6.85. The van der Waals surface area contributed by atoms with Gasteiger partial charge in [0.05, 0.1) is 0 Å². The Morgan fingerprint density at radius 1 is 1.09 bits per heavy atom. The van der Waals surface area contributed by atoms with E-state index in [1.807, 2.05) is 20.8 Å². The number of ether oxygens (including phenoxy) is 1. The molecule has 5 heteroatoms. The van der Waals surface area contributed by atoms with E-state index in [4.69, 9.17) is 0 Å². The molecule has 128 valence electrons. The van der Waals surface area contributed by atoms with Gasteiger partial charge in [0.2, 0.25) is 0 Å². The summed E-state index contributed by atoms with van der Waals surface area (Å²) in [7, 11) is 0. The van der Waals surface area contributed by atoms with Crippen LogP contribution in [0.4, 0.5) is 8.78 Å². The minimum atomic E-state index is -3.86. The van der Waals surface area contributed by atoms with Gasteiger partial charge in [-0.15, -0.1) is 0 Å². The molecule has 3 nitrogen and oxygen atoms in total. The van der Waals surface area contributed by atoms with Crippen LogP contribution in [0.5, 0.6) is 5.75 Å². The zero-order valence-corrected chi connectivity index (χ0v) is 14.0. The summed E-state index contributed by atoms with van der Waals surface area (Å²) in [6, 6.07) is 6.26. The fourth-order valence-electron chi connectivity index (χ4n) is 2.73. The number of rotatable bonds is 4. The maximum Gasteiger partial charge on any atom is 0.482 e. The topological polar surface area (TPSA) is 38.3 Å². The van der Waals surface area contributed by atoms with E-state index >= 15 is 0 Å². The highest BCUT2D eigenvalue weighted by molar-refractivity contribution is 5.82. The molecule has 1 aromatic rings. The SMILES string of the molecule is CC(C)(C)c1ccc(OC(F)(F)C(=O)NC2CCCCC2)cc1. The van der Waals surface area contributed by atoms with Crippen LogP contribution in [-0.4, -0.2) is 18.1 Å². The minimum Gasteiger partial charge on any atom is -0.425 e. The lowest BCUT2D eigenvalue weighted by Crippen LogP contribution is -2.48. The maximum absolute atomic E-state index is 14.0. The van der Waals surface area contributed by atoms with Crippen LogP contribution in [0.15, 0.2) is 24.3 Å². The molecule has 0 unspecified atom stereocenters. The first-order valence-electron chi connectivity index (χ1n) is 8.17. The molecule has 0 heterocycles. The molecule has 0 bridgehead atoms. The van der Waals surface area contributed by atoms with Gasteiger partial charge in [0, 0.05) is 6.04 Å². The molecule has 23 heavy (non-hydrogen) atoms. The Morgan fingerprint density at radius 2 is 1.65 bits per heavy atom. The van der Waals surface area contributed by atoms with Crippen molar-refractivity contribution in [3.63, 3.8) is 0 Å². The normalized spacial score (nSPS) is 16.9. The van der Waals surface area contributed by atoms with E-state index in [0.717, 1.165) is 37.7 Å². The first-order valence-corrected chi connectivity index (χ1v) is 8.17. The zero-order valence-electron chi connectivity index (χ0n) is 14.0. The standard InChI is InChI=1S/C18H25F2NO2/c1-17(2,3)13-9-11-15(12-10-13)23-18(19,20)16(22)21-14-7-5-4-6-8-14/h9-12,14H,4-8H2,1-3H3,(H,21,22). The van der Waals surface area contributed by atoms with E-state index in [0.29, 0.717) is 0 Å². The summed E-state index contributed by atoms with van der Waals surface area (Å²) in [5.41, 5.74) is 0.944. The molecule has 1 saturated carbocycles. The number of carbonyl (C=O) groups is 1. The Morgan fingerprint density at radius 3 is 2.17 bits per heavy atom. The van der Waals surface area contributed by atoms with Crippen molar-refractivity contribution in [1.82, 2.24) is 5.32 Å². The molecule has 1 N–H and O–H groups in total. The number of hydrogen-bond acceptors (Lipinski definition) is 2. The number of amides is 1. The first-order chi connectivity index (χ1) is 10.7. The van der Waals surface area contributed by atoms with Gasteiger partial charge in [0.1, 0.15) is 5.75 Å². The molecule has 0 spiro atoms. The van der Waals surface area contributed by atoms with Gasteiger partial charge in [-0.3, -0.25) is 4.79 Å². The Kier molecular flexibility index (Phi) is 5.27. The molecule has 0 aromatic heterocycles. The Hall–Kier alpha value is -1.65. The molecule has 1 aliphatic carbocycles. The third-order valence-corrected chi connectivity index (χ3v) is 4.17. The third kappa shape index (κ3) is 4.91. The van der Waals surface area contributed by atoms with Gasteiger partial charge in [0.15, 0.2) is 0 Å². The highest BCUT2D eigenvalue weighted by Gasteiger charge is 2.43. The van der Waals surface area contributed by atoms with Crippen molar-refractivity contribution in [1.29, 1.82) is 0 Å². The van der Waals surface area contributed by atoms with Crippen LogP contribution in [0.3, 0.4) is 0 Å². The van der Waals surface area contributed by atoms with E-state index in [2.05, 4.69) is 10.1 Å². The smallest absolute Gasteiger partial charge is 0.425 e. The summed E-state index contributed by atoms with van der Waals surface area (Å²) in [5, 5.41) is 2.40. The molecule has 0 atom stereocenters. The quantitative estimate of drug-likeness (QED) is 0.891. The van der Waals surface area contributed by atoms with Gasteiger partial charge in [-0.25, -0.2) is 0 Å². The van der Waals surface area contributed by atoms with Crippen LogP contribution < -0.4 is 10.1 Å². The predicted octanol–water partition coefficient (Wildman–Crippen LogP) is 4.40. The number of halogens is 2. The van der Waals surface area contributed by atoms with E-state index in [-0.39, 0.29) is 17.2 Å². The van der Waals surface area contributed by atoms with Crippen molar-refractivity contribution >= 4 is 5.91 Å². The lowest BCUT2D eigenvalue weighted by Gasteiger charge is -2.25.